The largest absolute Gasteiger partial charge is 0.481 e. The summed E-state index contributed by atoms with van der Waals surface area (Å²) >= 11 is 0. The van der Waals surface area contributed by atoms with Crippen LogP contribution in [0.4, 0.5) is 4.39 Å². The summed E-state index contributed by atoms with van der Waals surface area (Å²) in [5, 5.41) is 8.96. The predicted molar refractivity (Wildman–Crippen MR) is 53.9 cm³/mol. The third kappa shape index (κ3) is 3.31. The van der Waals surface area contributed by atoms with E-state index < -0.39 is 17.7 Å². The molecule has 1 atom stereocenters. The van der Waals surface area contributed by atoms with Gasteiger partial charge in [-0.15, -0.1) is 0 Å². The molecule has 0 saturated carbocycles. The number of carboxylic acid groups (broad SMARTS) is 1. The molecule has 0 aliphatic carbocycles. The summed E-state index contributed by atoms with van der Waals surface area (Å²) in [4.78, 5) is 14.6. The second-order valence-corrected chi connectivity index (χ2v) is 3.90. The molecular weight excluding hydrogens is 197 g/mol. The number of carboxylic acids is 1. The molecule has 82 valence electrons. The molecular formula is C11H14FNO2. The Morgan fingerprint density at radius 1 is 1.53 bits per heavy atom. The fraction of sp³-hybridized carbons (Fsp3) is 0.455. The number of hydrogen-bond donors (Lipinski definition) is 1. The van der Waals surface area contributed by atoms with Gasteiger partial charge in [0.05, 0.1) is 12.1 Å². The maximum atomic E-state index is 12.8. The number of rotatable bonds is 4. The van der Waals surface area contributed by atoms with E-state index in [9.17, 15) is 9.18 Å². The number of aromatic nitrogens is 1. The molecule has 4 heteroatoms. The lowest BCUT2D eigenvalue weighted by Gasteiger charge is -2.15. The van der Waals surface area contributed by atoms with Crippen LogP contribution in [0.3, 0.4) is 0 Å². The van der Waals surface area contributed by atoms with Crippen molar-refractivity contribution in [3.63, 3.8) is 0 Å². The van der Waals surface area contributed by atoms with Crippen molar-refractivity contribution in [2.45, 2.75) is 20.3 Å². The van der Waals surface area contributed by atoms with Crippen molar-refractivity contribution in [2.24, 2.45) is 11.8 Å². The highest BCUT2D eigenvalue weighted by Gasteiger charge is 2.21. The van der Waals surface area contributed by atoms with Crippen LogP contribution in [0.25, 0.3) is 0 Å². The fourth-order valence-corrected chi connectivity index (χ4v) is 1.43. The third-order valence-electron chi connectivity index (χ3n) is 2.34. The zero-order valence-electron chi connectivity index (χ0n) is 8.77. The van der Waals surface area contributed by atoms with Gasteiger partial charge >= 0.3 is 5.97 Å². The maximum absolute atomic E-state index is 12.8. The molecule has 0 fully saturated rings. The number of pyridine rings is 1. The van der Waals surface area contributed by atoms with Gasteiger partial charge in [0.1, 0.15) is 5.82 Å². The van der Waals surface area contributed by atoms with E-state index in [2.05, 4.69) is 4.98 Å². The van der Waals surface area contributed by atoms with Crippen molar-refractivity contribution >= 4 is 5.97 Å². The molecule has 0 aromatic carbocycles. The van der Waals surface area contributed by atoms with Crippen LogP contribution in [-0.2, 0) is 11.2 Å². The topological polar surface area (TPSA) is 50.2 Å². The normalized spacial score (nSPS) is 12.8. The molecule has 15 heavy (non-hydrogen) atoms. The van der Waals surface area contributed by atoms with Crippen molar-refractivity contribution in [3.8, 4) is 0 Å². The highest BCUT2D eigenvalue weighted by Crippen LogP contribution is 2.17. The minimum Gasteiger partial charge on any atom is -0.481 e. The summed E-state index contributed by atoms with van der Waals surface area (Å²) in [6.45, 7) is 3.68. The lowest BCUT2D eigenvalue weighted by Crippen LogP contribution is -2.22. The third-order valence-corrected chi connectivity index (χ3v) is 2.34. The van der Waals surface area contributed by atoms with Crippen molar-refractivity contribution in [1.29, 1.82) is 0 Å². The summed E-state index contributed by atoms with van der Waals surface area (Å²) in [7, 11) is 0. The Balaban J connectivity index is 2.79. The summed E-state index contributed by atoms with van der Waals surface area (Å²) in [5.74, 6) is -1.76. The van der Waals surface area contributed by atoms with E-state index in [1.807, 2.05) is 13.8 Å². The standard InChI is InChI=1S/C11H14FNO2/c1-7(2)10(11(14)15)4-8-3-9(12)6-13-5-8/h3,5-7,10H,4H2,1-2H3,(H,14,15). The van der Waals surface area contributed by atoms with Crippen LogP contribution in [0, 0.1) is 17.7 Å². The van der Waals surface area contributed by atoms with Crippen LogP contribution in [0.15, 0.2) is 18.5 Å². The Labute approximate surface area is 88.0 Å². The van der Waals surface area contributed by atoms with Crippen LogP contribution in [0.2, 0.25) is 0 Å². The van der Waals surface area contributed by atoms with Gasteiger partial charge in [0.25, 0.3) is 0 Å². The van der Waals surface area contributed by atoms with Gasteiger partial charge in [-0.2, -0.15) is 0 Å². The Morgan fingerprint density at radius 3 is 2.67 bits per heavy atom. The first-order chi connectivity index (χ1) is 7.00. The second-order valence-electron chi connectivity index (χ2n) is 3.90. The van der Waals surface area contributed by atoms with E-state index >= 15 is 0 Å². The van der Waals surface area contributed by atoms with Crippen molar-refractivity contribution in [2.75, 3.05) is 0 Å². The molecule has 0 radical (unpaired) electrons. The van der Waals surface area contributed by atoms with E-state index in [1.165, 1.54) is 12.3 Å². The van der Waals surface area contributed by atoms with E-state index in [-0.39, 0.29) is 5.92 Å². The zero-order chi connectivity index (χ0) is 11.4. The van der Waals surface area contributed by atoms with Crippen LogP contribution in [-0.4, -0.2) is 16.1 Å². The van der Waals surface area contributed by atoms with E-state index in [0.717, 1.165) is 6.20 Å². The Hall–Kier alpha value is -1.45. The first-order valence-electron chi connectivity index (χ1n) is 4.83. The van der Waals surface area contributed by atoms with E-state index in [4.69, 9.17) is 5.11 Å². The second kappa shape index (κ2) is 4.87. The Morgan fingerprint density at radius 2 is 2.20 bits per heavy atom. The molecule has 0 amide bonds. The molecule has 1 heterocycles. The van der Waals surface area contributed by atoms with Gasteiger partial charge in [-0.25, -0.2) is 4.39 Å². The minimum atomic E-state index is -0.853. The fourth-order valence-electron chi connectivity index (χ4n) is 1.43. The van der Waals surface area contributed by atoms with Crippen LogP contribution < -0.4 is 0 Å². The predicted octanol–water partition coefficient (Wildman–Crippen LogP) is 2.12. The van der Waals surface area contributed by atoms with Crippen LogP contribution in [0.5, 0.6) is 0 Å². The molecule has 0 spiro atoms. The first kappa shape index (κ1) is 11.6. The van der Waals surface area contributed by atoms with Gasteiger partial charge in [-0.3, -0.25) is 9.78 Å². The highest BCUT2D eigenvalue weighted by atomic mass is 19.1. The zero-order valence-corrected chi connectivity index (χ0v) is 8.77. The smallest absolute Gasteiger partial charge is 0.307 e. The number of nitrogens with zero attached hydrogens (tertiary/aromatic N) is 1. The first-order valence-corrected chi connectivity index (χ1v) is 4.83. The number of halogens is 1. The average molecular weight is 211 g/mol. The quantitative estimate of drug-likeness (QED) is 0.829. The van der Waals surface area contributed by atoms with E-state index in [1.54, 1.807) is 0 Å². The molecule has 0 aliphatic rings. The molecule has 1 aromatic heterocycles. The molecule has 0 aliphatic heterocycles. The van der Waals surface area contributed by atoms with Gasteiger partial charge in [0.2, 0.25) is 0 Å². The molecule has 0 bridgehead atoms. The average Bonchev–Trinajstić information content (AvgIpc) is 2.13. The lowest BCUT2D eigenvalue weighted by molar-refractivity contribution is -0.143. The summed E-state index contributed by atoms with van der Waals surface area (Å²) in [6.07, 6.45) is 2.92. The minimum absolute atomic E-state index is 0.0192. The van der Waals surface area contributed by atoms with Gasteiger partial charge in [-0.1, -0.05) is 13.8 Å². The van der Waals surface area contributed by atoms with Crippen molar-refractivity contribution in [1.82, 2.24) is 4.98 Å². The van der Waals surface area contributed by atoms with Gasteiger partial charge in [-0.05, 0) is 24.0 Å². The summed E-state index contributed by atoms with van der Waals surface area (Å²) in [5.41, 5.74) is 0.621. The van der Waals surface area contributed by atoms with E-state index in [0.29, 0.717) is 12.0 Å². The van der Waals surface area contributed by atoms with Gasteiger partial charge in [0, 0.05) is 6.20 Å². The van der Waals surface area contributed by atoms with Gasteiger partial charge in [0.15, 0.2) is 0 Å². The molecule has 3 nitrogen and oxygen atoms in total. The molecule has 1 aromatic rings. The Bertz CT molecular complexity index is 352. The summed E-state index contributed by atoms with van der Waals surface area (Å²) < 4.78 is 12.8. The summed E-state index contributed by atoms with van der Waals surface area (Å²) in [6, 6.07) is 1.32. The number of carbonyl (C=O) groups is 1. The van der Waals surface area contributed by atoms with Crippen LogP contribution >= 0.6 is 0 Å². The molecule has 1 unspecified atom stereocenters. The van der Waals surface area contributed by atoms with Crippen LogP contribution in [0.1, 0.15) is 19.4 Å². The molecule has 0 saturated heterocycles. The van der Waals surface area contributed by atoms with Crippen molar-refractivity contribution in [3.05, 3.63) is 29.8 Å². The molecule has 1 rings (SSSR count). The maximum Gasteiger partial charge on any atom is 0.307 e. The number of aliphatic carboxylic acids is 1. The van der Waals surface area contributed by atoms with Gasteiger partial charge < -0.3 is 5.11 Å². The number of hydrogen-bond acceptors (Lipinski definition) is 2. The highest BCUT2D eigenvalue weighted by molar-refractivity contribution is 5.70. The molecule has 1 N–H and O–H groups in total. The Kier molecular flexibility index (Phi) is 3.77. The SMILES string of the molecule is CC(C)C(Cc1cncc(F)c1)C(=O)O. The van der Waals surface area contributed by atoms with Crippen molar-refractivity contribution < 1.29 is 14.3 Å². The lowest BCUT2D eigenvalue weighted by atomic mass is 9.90. The monoisotopic (exact) mass is 211 g/mol.